The average molecular weight is 235 g/mol. The lowest BCUT2D eigenvalue weighted by Gasteiger charge is -2.19. The van der Waals surface area contributed by atoms with Crippen molar-refractivity contribution in [3.8, 4) is 0 Å². The quantitative estimate of drug-likeness (QED) is 0.467. The standard InChI is InChI=1S/C10H13N5O2/c11-9-8(15(16)17)6-12-10(14-9)13-7-4-2-1-3-5-7/h1-2,6-7H,3-5H2,(H3,11,12,13,14). The maximum Gasteiger partial charge on any atom is 0.329 e. The first-order valence-electron chi connectivity index (χ1n) is 5.35. The van der Waals surface area contributed by atoms with Crippen LogP contribution < -0.4 is 11.1 Å². The van der Waals surface area contributed by atoms with Crippen molar-refractivity contribution in [3.63, 3.8) is 0 Å². The number of nitrogens with one attached hydrogen (secondary N) is 1. The molecule has 90 valence electrons. The van der Waals surface area contributed by atoms with Gasteiger partial charge in [0.2, 0.25) is 11.8 Å². The summed E-state index contributed by atoms with van der Waals surface area (Å²) >= 11 is 0. The van der Waals surface area contributed by atoms with Crippen LogP contribution in [0.4, 0.5) is 17.5 Å². The summed E-state index contributed by atoms with van der Waals surface area (Å²) in [5.41, 5.74) is 5.22. The number of rotatable bonds is 3. The van der Waals surface area contributed by atoms with E-state index in [-0.39, 0.29) is 17.5 Å². The average Bonchev–Trinajstić information content (AvgIpc) is 2.30. The minimum Gasteiger partial charge on any atom is -0.378 e. The largest absolute Gasteiger partial charge is 0.378 e. The molecule has 0 amide bonds. The number of nitrogens with zero attached hydrogens (tertiary/aromatic N) is 3. The van der Waals surface area contributed by atoms with E-state index >= 15 is 0 Å². The molecule has 0 spiro atoms. The number of nitrogens with two attached hydrogens (primary N) is 1. The maximum atomic E-state index is 10.5. The Morgan fingerprint density at radius 1 is 1.53 bits per heavy atom. The molecule has 0 aliphatic heterocycles. The molecule has 1 aliphatic rings. The summed E-state index contributed by atoms with van der Waals surface area (Å²) < 4.78 is 0. The van der Waals surface area contributed by atoms with E-state index in [0.29, 0.717) is 5.95 Å². The van der Waals surface area contributed by atoms with Crippen molar-refractivity contribution < 1.29 is 4.92 Å². The van der Waals surface area contributed by atoms with Gasteiger partial charge in [0.25, 0.3) is 0 Å². The Bertz CT molecular complexity index is 460. The molecule has 1 atom stereocenters. The summed E-state index contributed by atoms with van der Waals surface area (Å²) in [5, 5.41) is 13.7. The molecule has 17 heavy (non-hydrogen) atoms. The molecule has 0 bridgehead atoms. The third kappa shape index (κ3) is 2.68. The topological polar surface area (TPSA) is 107 Å². The van der Waals surface area contributed by atoms with Crippen molar-refractivity contribution >= 4 is 17.5 Å². The van der Waals surface area contributed by atoms with Gasteiger partial charge in [-0.15, -0.1) is 0 Å². The number of anilines is 2. The highest BCUT2D eigenvalue weighted by molar-refractivity contribution is 5.53. The fraction of sp³-hybridized carbons (Fsp3) is 0.400. The van der Waals surface area contributed by atoms with Crippen molar-refractivity contribution in [3.05, 3.63) is 28.5 Å². The second-order valence-corrected chi connectivity index (χ2v) is 3.85. The van der Waals surface area contributed by atoms with Crippen LogP contribution in [0.1, 0.15) is 19.3 Å². The molecule has 2 rings (SSSR count). The molecule has 3 N–H and O–H groups in total. The lowest BCUT2D eigenvalue weighted by atomic mass is 10.0. The van der Waals surface area contributed by atoms with Crippen molar-refractivity contribution in [2.45, 2.75) is 25.3 Å². The van der Waals surface area contributed by atoms with E-state index in [1.54, 1.807) is 0 Å². The molecular formula is C10H13N5O2. The second kappa shape index (κ2) is 4.77. The van der Waals surface area contributed by atoms with Gasteiger partial charge in [0.15, 0.2) is 0 Å². The highest BCUT2D eigenvalue weighted by Crippen LogP contribution is 2.20. The van der Waals surface area contributed by atoms with Gasteiger partial charge in [-0.25, -0.2) is 4.98 Å². The van der Waals surface area contributed by atoms with Gasteiger partial charge in [-0.3, -0.25) is 10.1 Å². The third-order valence-electron chi connectivity index (χ3n) is 2.60. The number of hydrogen-bond donors (Lipinski definition) is 2. The molecule has 0 fully saturated rings. The smallest absolute Gasteiger partial charge is 0.329 e. The van der Waals surface area contributed by atoms with Crippen molar-refractivity contribution in [2.75, 3.05) is 11.1 Å². The van der Waals surface area contributed by atoms with Gasteiger partial charge in [-0.1, -0.05) is 12.2 Å². The lowest BCUT2D eigenvalue weighted by molar-refractivity contribution is -0.384. The number of hydrogen-bond acceptors (Lipinski definition) is 6. The Kier molecular flexibility index (Phi) is 3.17. The monoisotopic (exact) mass is 235 g/mol. The Balaban J connectivity index is 2.09. The van der Waals surface area contributed by atoms with Gasteiger partial charge in [0, 0.05) is 6.04 Å². The second-order valence-electron chi connectivity index (χ2n) is 3.85. The molecule has 0 saturated carbocycles. The van der Waals surface area contributed by atoms with Crippen LogP contribution in [-0.2, 0) is 0 Å². The molecule has 1 aromatic rings. The van der Waals surface area contributed by atoms with E-state index in [9.17, 15) is 10.1 Å². The first-order valence-corrected chi connectivity index (χ1v) is 5.35. The first kappa shape index (κ1) is 11.3. The van der Waals surface area contributed by atoms with Gasteiger partial charge >= 0.3 is 5.69 Å². The van der Waals surface area contributed by atoms with E-state index < -0.39 is 4.92 Å². The van der Waals surface area contributed by atoms with Crippen LogP contribution in [0.2, 0.25) is 0 Å². The van der Waals surface area contributed by atoms with Crippen LogP contribution in [-0.4, -0.2) is 20.9 Å². The SMILES string of the molecule is Nc1nc(NC2CC=CCC2)ncc1[N+](=O)[O-]. The van der Waals surface area contributed by atoms with Crippen LogP contribution in [0.15, 0.2) is 18.3 Å². The van der Waals surface area contributed by atoms with E-state index in [4.69, 9.17) is 5.73 Å². The van der Waals surface area contributed by atoms with E-state index in [1.807, 2.05) is 0 Å². The highest BCUT2D eigenvalue weighted by atomic mass is 16.6. The van der Waals surface area contributed by atoms with Gasteiger partial charge < -0.3 is 11.1 Å². The highest BCUT2D eigenvalue weighted by Gasteiger charge is 2.16. The fourth-order valence-corrected chi connectivity index (χ4v) is 1.71. The van der Waals surface area contributed by atoms with Crippen LogP contribution in [0, 0.1) is 10.1 Å². The molecule has 1 aromatic heterocycles. The number of nitrogen functional groups attached to an aromatic ring is 1. The van der Waals surface area contributed by atoms with Gasteiger partial charge in [0.1, 0.15) is 6.20 Å². The minimum atomic E-state index is -0.595. The Labute approximate surface area is 97.9 Å². The first-order chi connectivity index (χ1) is 8.16. The fourth-order valence-electron chi connectivity index (χ4n) is 1.71. The van der Waals surface area contributed by atoms with E-state index in [2.05, 4.69) is 27.4 Å². The maximum absolute atomic E-state index is 10.5. The summed E-state index contributed by atoms with van der Waals surface area (Å²) in [6.07, 6.45) is 8.26. The lowest BCUT2D eigenvalue weighted by Crippen LogP contribution is -2.22. The summed E-state index contributed by atoms with van der Waals surface area (Å²) in [4.78, 5) is 17.7. The third-order valence-corrected chi connectivity index (χ3v) is 2.60. The van der Waals surface area contributed by atoms with E-state index in [0.717, 1.165) is 25.5 Å². The zero-order valence-electron chi connectivity index (χ0n) is 9.17. The van der Waals surface area contributed by atoms with Crippen molar-refractivity contribution in [1.82, 2.24) is 9.97 Å². The summed E-state index contributed by atoms with van der Waals surface area (Å²) in [6, 6.07) is 0.265. The minimum absolute atomic E-state index is 0.112. The molecule has 0 aromatic carbocycles. The molecule has 7 nitrogen and oxygen atoms in total. The zero-order valence-corrected chi connectivity index (χ0v) is 9.17. The summed E-state index contributed by atoms with van der Waals surface area (Å²) in [7, 11) is 0. The van der Waals surface area contributed by atoms with Gasteiger partial charge in [-0.05, 0) is 19.3 Å². The van der Waals surface area contributed by atoms with Crippen LogP contribution in [0.25, 0.3) is 0 Å². The zero-order chi connectivity index (χ0) is 12.3. The van der Waals surface area contributed by atoms with Crippen molar-refractivity contribution in [2.24, 2.45) is 0 Å². The Morgan fingerprint density at radius 3 is 2.94 bits per heavy atom. The van der Waals surface area contributed by atoms with Gasteiger partial charge in [-0.2, -0.15) is 4.98 Å². The summed E-state index contributed by atoms with van der Waals surface area (Å²) in [5.74, 6) is 0.229. The molecule has 1 aliphatic carbocycles. The Hall–Kier alpha value is -2.18. The summed E-state index contributed by atoms with van der Waals surface area (Å²) in [6.45, 7) is 0. The predicted octanol–water partition coefficient (Wildman–Crippen LogP) is 1.49. The number of nitro groups is 1. The normalized spacial score (nSPS) is 18.9. The van der Waals surface area contributed by atoms with Gasteiger partial charge in [0.05, 0.1) is 4.92 Å². The molecular weight excluding hydrogens is 222 g/mol. The van der Waals surface area contributed by atoms with E-state index in [1.165, 1.54) is 0 Å². The van der Waals surface area contributed by atoms with Crippen LogP contribution in [0.3, 0.4) is 0 Å². The van der Waals surface area contributed by atoms with Crippen LogP contribution in [0.5, 0.6) is 0 Å². The molecule has 1 unspecified atom stereocenters. The predicted molar refractivity (Wildman–Crippen MR) is 63.5 cm³/mol. The van der Waals surface area contributed by atoms with Crippen molar-refractivity contribution in [1.29, 1.82) is 0 Å². The molecule has 1 heterocycles. The number of allylic oxidation sites excluding steroid dienone is 1. The Morgan fingerprint density at radius 2 is 2.35 bits per heavy atom. The number of aromatic nitrogens is 2. The molecule has 0 saturated heterocycles. The van der Waals surface area contributed by atoms with Crippen LogP contribution >= 0.6 is 0 Å². The molecule has 0 radical (unpaired) electrons. The molecule has 7 heteroatoms.